The molecular formula is C22H21N5O3S. The van der Waals surface area contributed by atoms with Gasteiger partial charge in [0.25, 0.3) is 5.69 Å². The zero-order chi connectivity index (χ0) is 21.6. The number of thiazole rings is 1. The molecule has 0 amide bonds. The van der Waals surface area contributed by atoms with E-state index in [0.717, 1.165) is 41.3 Å². The third-order valence-corrected chi connectivity index (χ3v) is 5.69. The standard InChI is InChI=1S/C22H21N5O3S/c1-30-21-6-3-2-5-19(21)24-22-26(13-4-12-25-14-11-23-16-25)20(15-31-22)17-7-9-18(10-8-17)27(28)29/h2-3,5-11,14-16H,4,12-13H2,1H3. The monoisotopic (exact) mass is 435 g/mol. The molecule has 0 aliphatic rings. The smallest absolute Gasteiger partial charge is 0.269 e. The van der Waals surface area contributed by atoms with E-state index in [4.69, 9.17) is 9.73 Å². The van der Waals surface area contributed by atoms with Gasteiger partial charge in [0.2, 0.25) is 0 Å². The maximum Gasteiger partial charge on any atom is 0.269 e. The molecule has 2 heterocycles. The summed E-state index contributed by atoms with van der Waals surface area (Å²) in [6, 6.07) is 14.2. The predicted molar refractivity (Wildman–Crippen MR) is 119 cm³/mol. The number of hydrogen-bond donors (Lipinski definition) is 0. The normalized spacial score (nSPS) is 11.6. The van der Waals surface area contributed by atoms with Crippen LogP contribution in [0.25, 0.3) is 11.3 Å². The minimum absolute atomic E-state index is 0.0737. The fraction of sp³-hybridized carbons (Fsp3) is 0.182. The van der Waals surface area contributed by atoms with E-state index < -0.39 is 0 Å². The number of para-hydroxylation sites is 2. The molecule has 0 aliphatic carbocycles. The first-order valence-electron chi connectivity index (χ1n) is 9.72. The SMILES string of the molecule is COc1ccccc1N=c1scc(-c2ccc([N+](=O)[O-])cc2)n1CCCn1ccnc1. The molecule has 9 heteroatoms. The number of aryl methyl sites for hydroxylation is 1. The minimum atomic E-state index is -0.390. The molecule has 0 atom stereocenters. The molecule has 8 nitrogen and oxygen atoms in total. The molecule has 0 saturated carbocycles. The number of nitro benzene ring substituents is 1. The Labute approximate surface area is 182 Å². The Balaban J connectivity index is 1.72. The molecule has 0 unspecified atom stereocenters. The van der Waals surface area contributed by atoms with Crippen molar-refractivity contribution in [3.05, 3.63) is 87.5 Å². The quantitative estimate of drug-likeness (QED) is 0.298. The summed E-state index contributed by atoms with van der Waals surface area (Å²) in [5, 5.41) is 13.0. The van der Waals surface area contributed by atoms with Gasteiger partial charge in [-0.15, -0.1) is 11.3 Å². The van der Waals surface area contributed by atoms with Crippen LogP contribution in [-0.4, -0.2) is 26.2 Å². The lowest BCUT2D eigenvalue weighted by atomic mass is 10.1. The van der Waals surface area contributed by atoms with E-state index in [2.05, 4.69) is 9.55 Å². The number of nitro groups is 1. The van der Waals surface area contributed by atoms with E-state index in [1.807, 2.05) is 40.4 Å². The van der Waals surface area contributed by atoms with Crippen LogP contribution < -0.4 is 9.54 Å². The number of hydrogen-bond acceptors (Lipinski definition) is 6. The van der Waals surface area contributed by atoms with Gasteiger partial charge in [0.1, 0.15) is 11.4 Å². The van der Waals surface area contributed by atoms with Crippen molar-refractivity contribution in [2.24, 2.45) is 4.99 Å². The van der Waals surface area contributed by atoms with Crippen molar-refractivity contribution < 1.29 is 9.66 Å². The highest BCUT2D eigenvalue weighted by Gasteiger charge is 2.11. The van der Waals surface area contributed by atoms with Crippen LogP contribution in [-0.2, 0) is 13.1 Å². The highest BCUT2D eigenvalue weighted by molar-refractivity contribution is 7.07. The molecule has 2 aromatic carbocycles. The fourth-order valence-electron chi connectivity index (χ4n) is 3.27. The van der Waals surface area contributed by atoms with Gasteiger partial charge in [-0.1, -0.05) is 12.1 Å². The second-order valence-corrected chi connectivity index (χ2v) is 7.63. The Morgan fingerprint density at radius 1 is 1.16 bits per heavy atom. The summed E-state index contributed by atoms with van der Waals surface area (Å²) in [5.74, 6) is 0.706. The van der Waals surface area contributed by atoms with Gasteiger partial charge in [0.05, 0.1) is 24.1 Å². The topological polar surface area (TPSA) is 87.5 Å². The lowest BCUT2D eigenvalue weighted by Gasteiger charge is -2.10. The number of rotatable bonds is 8. The van der Waals surface area contributed by atoms with Crippen LogP contribution in [0, 0.1) is 10.1 Å². The van der Waals surface area contributed by atoms with Crippen molar-refractivity contribution in [3.8, 4) is 17.0 Å². The summed E-state index contributed by atoms with van der Waals surface area (Å²) < 4.78 is 9.63. The summed E-state index contributed by atoms with van der Waals surface area (Å²) in [4.78, 5) is 20.4. The van der Waals surface area contributed by atoms with Crippen molar-refractivity contribution in [2.45, 2.75) is 19.5 Å². The van der Waals surface area contributed by atoms with Crippen LogP contribution in [0.1, 0.15) is 6.42 Å². The van der Waals surface area contributed by atoms with Crippen molar-refractivity contribution in [2.75, 3.05) is 7.11 Å². The maximum atomic E-state index is 11.0. The first kappa shape index (κ1) is 20.5. The van der Waals surface area contributed by atoms with Gasteiger partial charge in [-0.05, 0) is 36.2 Å². The molecule has 0 saturated heterocycles. The predicted octanol–water partition coefficient (Wildman–Crippen LogP) is 4.65. The third-order valence-electron chi connectivity index (χ3n) is 4.83. The van der Waals surface area contributed by atoms with Gasteiger partial charge >= 0.3 is 0 Å². The number of nitrogens with zero attached hydrogens (tertiary/aromatic N) is 5. The van der Waals surface area contributed by atoms with Gasteiger partial charge < -0.3 is 13.9 Å². The summed E-state index contributed by atoms with van der Waals surface area (Å²) in [5.41, 5.74) is 2.71. The molecule has 0 fully saturated rings. The van der Waals surface area contributed by atoms with Gasteiger partial charge in [-0.2, -0.15) is 0 Å². The second kappa shape index (κ2) is 9.40. The zero-order valence-electron chi connectivity index (χ0n) is 16.9. The molecule has 0 bridgehead atoms. The van der Waals surface area contributed by atoms with Crippen molar-refractivity contribution >= 4 is 22.7 Å². The summed E-state index contributed by atoms with van der Waals surface area (Å²) in [6.45, 7) is 1.57. The number of benzene rings is 2. The summed E-state index contributed by atoms with van der Waals surface area (Å²) in [6.07, 6.45) is 6.39. The molecule has 4 rings (SSSR count). The number of ether oxygens (including phenoxy) is 1. The van der Waals surface area contributed by atoms with Crippen molar-refractivity contribution in [1.29, 1.82) is 0 Å². The highest BCUT2D eigenvalue weighted by atomic mass is 32.1. The van der Waals surface area contributed by atoms with E-state index >= 15 is 0 Å². The molecule has 2 aromatic heterocycles. The lowest BCUT2D eigenvalue weighted by Crippen LogP contribution is -2.17. The van der Waals surface area contributed by atoms with E-state index in [0.29, 0.717) is 5.75 Å². The highest BCUT2D eigenvalue weighted by Crippen LogP contribution is 2.27. The lowest BCUT2D eigenvalue weighted by molar-refractivity contribution is -0.384. The Hall–Kier alpha value is -3.72. The van der Waals surface area contributed by atoms with E-state index in [9.17, 15) is 10.1 Å². The average Bonchev–Trinajstić information content (AvgIpc) is 3.45. The third kappa shape index (κ3) is 4.72. The van der Waals surface area contributed by atoms with Crippen LogP contribution in [0.2, 0.25) is 0 Å². The van der Waals surface area contributed by atoms with Crippen LogP contribution in [0.4, 0.5) is 11.4 Å². The largest absolute Gasteiger partial charge is 0.494 e. The Bertz CT molecular complexity index is 1230. The number of imidazole rings is 1. The van der Waals surface area contributed by atoms with Crippen LogP contribution in [0.15, 0.2) is 77.6 Å². The van der Waals surface area contributed by atoms with Crippen LogP contribution in [0.3, 0.4) is 0 Å². The Morgan fingerprint density at radius 3 is 2.68 bits per heavy atom. The van der Waals surface area contributed by atoms with E-state index in [1.54, 1.807) is 31.8 Å². The number of aromatic nitrogens is 3. The average molecular weight is 436 g/mol. The summed E-state index contributed by atoms with van der Waals surface area (Å²) >= 11 is 1.53. The summed E-state index contributed by atoms with van der Waals surface area (Å²) in [7, 11) is 1.63. The fourth-order valence-corrected chi connectivity index (χ4v) is 4.22. The van der Waals surface area contributed by atoms with E-state index in [-0.39, 0.29) is 10.6 Å². The van der Waals surface area contributed by atoms with Gasteiger partial charge in [0.15, 0.2) is 4.80 Å². The Morgan fingerprint density at radius 2 is 1.97 bits per heavy atom. The first-order valence-corrected chi connectivity index (χ1v) is 10.6. The number of non-ortho nitro benzene ring substituents is 1. The van der Waals surface area contributed by atoms with Crippen molar-refractivity contribution in [1.82, 2.24) is 14.1 Å². The van der Waals surface area contributed by atoms with Gasteiger partial charge in [-0.3, -0.25) is 10.1 Å². The van der Waals surface area contributed by atoms with Crippen molar-refractivity contribution in [3.63, 3.8) is 0 Å². The second-order valence-electron chi connectivity index (χ2n) is 6.80. The zero-order valence-corrected chi connectivity index (χ0v) is 17.7. The molecule has 31 heavy (non-hydrogen) atoms. The van der Waals surface area contributed by atoms with Gasteiger partial charge in [-0.25, -0.2) is 9.98 Å². The molecule has 0 N–H and O–H groups in total. The van der Waals surface area contributed by atoms with Crippen LogP contribution in [0.5, 0.6) is 5.75 Å². The molecule has 0 spiro atoms. The van der Waals surface area contributed by atoms with Crippen LogP contribution >= 0.6 is 11.3 Å². The Kier molecular flexibility index (Phi) is 6.23. The minimum Gasteiger partial charge on any atom is -0.494 e. The van der Waals surface area contributed by atoms with E-state index in [1.165, 1.54) is 23.5 Å². The molecular weight excluding hydrogens is 414 g/mol. The number of methoxy groups -OCH3 is 1. The maximum absolute atomic E-state index is 11.0. The molecule has 0 aliphatic heterocycles. The first-order chi connectivity index (χ1) is 15.2. The molecule has 158 valence electrons. The van der Waals surface area contributed by atoms with Gasteiger partial charge in [0, 0.05) is 43.0 Å². The molecule has 0 radical (unpaired) electrons. The molecule has 4 aromatic rings.